The molecule has 0 aromatic heterocycles. The molecule has 1 aliphatic rings. The molecule has 0 aliphatic carbocycles. The molecular formula is C4F14N3O2P3. The van der Waals surface area contributed by atoms with Gasteiger partial charge in [-0.15, -0.1) is 21.9 Å². The highest BCUT2D eigenvalue weighted by molar-refractivity contribution is 7.77. The fourth-order valence-corrected chi connectivity index (χ4v) is 6.91. The van der Waals surface area contributed by atoms with Crippen molar-refractivity contribution in [2.24, 2.45) is 13.5 Å². The van der Waals surface area contributed by atoms with Crippen LogP contribution in [0.4, 0.5) is 60.7 Å². The molecule has 0 bridgehead atoms. The monoisotopic (exact) mass is 481 g/mol. The maximum absolute atomic E-state index is 13.7. The van der Waals surface area contributed by atoms with Gasteiger partial charge in [0.15, 0.2) is 0 Å². The molecule has 1 heterocycles. The first-order chi connectivity index (χ1) is 11.0. The first kappa shape index (κ1) is 23.7. The zero-order chi connectivity index (χ0) is 21.0. The van der Waals surface area contributed by atoms with Crippen molar-refractivity contribution in [1.82, 2.24) is 0 Å². The van der Waals surface area contributed by atoms with Crippen LogP contribution in [0.3, 0.4) is 0 Å². The zero-order valence-corrected chi connectivity index (χ0v) is 13.5. The summed E-state index contributed by atoms with van der Waals surface area (Å²) in [6.07, 6.45) is -26.8. The van der Waals surface area contributed by atoms with Crippen LogP contribution in [0, 0.1) is 0 Å². The van der Waals surface area contributed by atoms with Gasteiger partial charge in [-0.05, 0) is 0 Å². The fourth-order valence-electron chi connectivity index (χ4n) is 0.924. The zero-order valence-electron chi connectivity index (χ0n) is 10.8. The van der Waals surface area contributed by atoms with E-state index in [0.717, 1.165) is 0 Å². The summed E-state index contributed by atoms with van der Waals surface area (Å²) in [6.45, 7) is 0. The van der Waals surface area contributed by atoms with Gasteiger partial charge in [-0.2, -0.15) is 52.3 Å². The van der Waals surface area contributed by atoms with E-state index in [9.17, 15) is 60.7 Å². The predicted octanol–water partition coefficient (Wildman–Crippen LogP) is 8.06. The van der Waals surface area contributed by atoms with E-state index in [-0.39, 0.29) is 0 Å². The summed E-state index contributed by atoms with van der Waals surface area (Å²) in [5.74, 6) is 0. The number of rotatable bonds is 4. The topological polar surface area (TPSA) is 55.5 Å². The van der Waals surface area contributed by atoms with Gasteiger partial charge in [-0.3, -0.25) is 0 Å². The van der Waals surface area contributed by atoms with Gasteiger partial charge >= 0.3 is 47.9 Å². The quantitative estimate of drug-likeness (QED) is 0.302. The minimum Gasteiger partial charge on any atom is -0.229 e. The molecule has 26 heavy (non-hydrogen) atoms. The lowest BCUT2D eigenvalue weighted by Gasteiger charge is -2.27. The number of alkyl halides is 10. The van der Waals surface area contributed by atoms with Crippen LogP contribution in [0.25, 0.3) is 0 Å². The van der Waals surface area contributed by atoms with Crippen molar-refractivity contribution < 1.29 is 69.7 Å². The van der Waals surface area contributed by atoms with Crippen molar-refractivity contribution in [2.45, 2.75) is 24.6 Å². The SMILES string of the molecule is FC(F)(F)C(F)(F)OP1(F)=NP(F)(F)=NP(F)(OC(F)(F)C(F)(F)F)=N1. The Balaban J connectivity index is 3.50. The number of halogens is 14. The van der Waals surface area contributed by atoms with E-state index >= 15 is 0 Å². The standard InChI is InChI=1S/C4F14N3O2P3/c5-1(6,7)3(11,12)22-25(17)19-24(15,16)20-26(18,21-25)23-4(13,14)2(8,9)10. The van der Waals surface area contributed by atoms with E-state index in [1.807, 2.05) is 0 Å². The van der Waals surface area contributed by atoms with Gasteiger partial charge in [-0.1, -0.05) is 0 Å². The van der Waals surface area contributed by atoms with E-state index in [2.05, 4.69) is 9.05 Å². The van der Waals surface area contributed by atoms with Crippen LogP contribution in [-0.4, -0.2) is 24.6 Å². The Kier molecular flexibility index (Phi) is 5.76. The van der Waals surface area contributed by atoms with Crippen LogP contribution in [0.15, 0.2) is 13.5 Å². The van der Waals surface area contributed by atoms with Crippen LogP contribution in [-0.2, 0) is 9.05 Å². The molecule has 156 valence electrons. The van der Waals surface area contributed by atoms with Gasteiger partial charge in [0, 0.05) is 0 Å². The molecule has 22 heteroatoms. The maximum atomic E-state index is 13.7. The average Bonchev–Trinajstić information content (AvgIpc) is 2.17. The Morgan fingerprint density at radius 2 is 0.808 bits per heavy atom. The highest BCUT2D eigenvalue weighted by Crippen LogP contribution is 2.83. The van der Waals surface area contributed by atoms with E-state index < -0.39 is 47.9 Å². The van der Waals surface area contributed by atoms with Gasteiger partial charge < -0.3 is 0 Å². The second-order valence-electron chi connectivity index (χ2n) is 3.88. The molecule has 0 amide bonds. The fraction of sp³-hybridized carbons (Fsp3) is 1.00. The summed E-state index contributed by atoms with van der Waals surface area (Å²) < 4.78 is 184. The van der Waals surface area contributed by atoms with Crippen molar-refractivity contribution in [3.05, 3.63) is 0 Å². The highest BCUT2D eigenvalue weighted by atomic mass is 31.3. The molecule has 2 unspecified atom stereocenters. The van der Waals surface area contributed by atoms with Crippen LogP contribution in [0.2, 0.25) is 0 Å². The summed E-state index contributed by atoms with van der Waals surface area (Å²) in [5.41, 5.74) is 0. The molecule has 2 atom stereocenters. The van der Waals surface area contributed by atoms with E-state index in [1.54, 1.807) is 0 Å². The normalized spacial score (nSPS) is 30.2. The molecule has 1 rings (SSSR count). The van der Waals surface area contributed by atoms with Crippen molar-refractivity contribution in [3.63, 3.8) is 0 Å². The number of hydrogen-bond donors (Lipinski definition) is 0. The molecular weight excluding hydrogens is 481 g/mol. The minimum atomic E-state index is -7.13. The molecule has 0 saturated carbocycles. The van der Waals surface area contributed by atoms with Crippen LogP contribution in [0.1, 0.15) is 0 Å². The molecule has 5 nitrogen and oxygen atoms in total. The third-order valence-electron chi connectivity index (χ3n) is 1.78. The van der Waals surface area contributed by atoms with Crippen molar-refractivity contribution in [1.29, 1.82) is 0 Å². The van der Waals surface area contributed by atoms with Crippen molar-refractivity contribution in [3.8, 4) is 0 Å². The Hall–Kier alpha value is -0.370. The number of hydrogen-bond acceptors (Lipinski definition) is 5. The van der Waals surface area contributed by atoms with Crippen LogP contribution >= 0.6 is 23.3 Å². The van der Waals surface area contributed by atoms with Crippen molar-refractivity contribution in [2.75, 3.05) is 0 Å². The van der Waals surface area contributed by atoms with E-state index in [1.165, 1.54) is 13.5 Å². The lowest BCUT2D eigenvalue weighted by Crippen LogP contribution is -2.38. The highest BCUT2D eigenvalue weighted by Gasteiger charge is 2.66. The van der Waals surface area contributed by atoms with Gasteiger partial charge in [0.05, 0.1) is 0 Å². The van der Waals surface area contributed by atoms with E-state index in [4.69, 9.17) is 0 Å². The third kappa shape index (κ3) is 5.33. The minimum absolute atomic E-state index is 1.30. The molecule has 0 radical (unpaired) electrons. The van der Waals surface area contributed by atoms with Gasteiger partial charge in [0.2, 0.25) is 0 Å². The van der Waals surface area contributed by atoms with Gasteiger partial charge in [0.1, 0.15) is 0 Å². The predicted molar refractivity (Wildman–Crippen MR) is 56.6 cm³/mol. The van der Waals surface area contributed by atoms with Gasteiger partial charge in [-0.25, -0.2) is 9.05 Å². The van der Waals surface area contributed by atoms with Crippen LogP contribution in [0.5, 0.6) is 0 Å². The average molecular weight is 481 g/mol. The Morgan fingerprint density at radius 3 is 1.12 bits per heavy atom. The largest absolute Gasteiger partial charge is 0.483 e. The summed E-state index contributed by atoms with van der Waals surface area (Å²) in [4.78, 5) is 0. The summed E-state index contributed by atoms with van der Waals surface area (Å²) >= 11 is 0. The number of nitrogens with zero attached hydrogens (tertiary/aromatic N) is 3. The Morgan fingerprint density at radius 1 is 0.500 bits per heavy atom. The molecule has 1 aliphatic heterocycles. The molecule has 0 fully saturated rings. The smallest absolute Gasteiger partial charge is 0.229 e. The summed E-state index contributed by atoms with van der Waals surface area (Å²) in [6, 6.07) is 0. The lowest BCUT2D eigenvalue weighted by molar-refractivity contribution is -0.361. The first-order valence-corrected chi connectivity index (χ1v) is 9.52. The molecule has 0 N–H and O–H groups in total. The summed E-state index contributed by atoms with van der Waals surface area (Å²) in [5, 5.41) is 0. The van der Waals surface area contributed by atoms with Crippen molar-refractivity contribution >= 4 is 23.3 Å². The molecule has 0 aromatic rings. The van der Waals surface area contributed by atoms with Gasteiger partial charge in [0.25, 0.3) is 0 Å². The molecule has 0 aromatic carbocycles. The van der Waals surface area contributed by atoms with E-state index in [0.29, 0.717) is 0 Å². The Bertz CT molecular complexity index is 697. The third-order valence-corrected chi connectivity index (χ3v) is 7.95. The summed E-state index contributed by atoms with van der Waals surface area (Å²) in [7, 11) is -21.3. The molecule has 0 spiro atoms. The second kappa shape index (κ2) is 6.33. The van der Waals surface area contributed by atoms with Crippen LogP contribution < -0.4 is 0 Å². The lowest BCUT2D eigenvalue weighted by atomic mass is 10.6. The molecule has 0 saturated heterocycles. The maximum Gasteiger partial charge on any atom is 0.483 e. The first-order valence-electron chi connectivity index (χ1n) is 5.04. The second-order valence-corrected chi connectivity index (χ2v) is 9.20. The Labute approximate surface area is 132 Å².